The van der Waals surface area contributed by atoms with E-state index < -0.39 is 11.4 Å². The summed E-state index contributed by atoms with van der Waals surface area (Å²) in [5.41, 5.74) is -0.924. The molecule has 0 spiro atoms. The second-order valence-electron chi connectivity index (χ2n) is 5.30. The molecule has 1 aliphatic heterocycles. The van der Waals surface area contributed by atoms with E-state index >= 15 is 0 Å². The molecule has 112 valence electrons. The van der Waals surface area contributed by atoms with Crippen LogP contribution in [0.2, 0.25) is 5.02 Å². The minimum absolute atomic E-state index is 0.105. The van der Waals surface area contributed by atoms with Gasteiger partial charge in [0.25, 0.3) is 5.56 Å². The first-order chi connectivity index (χ1) is 9.98. The molecular formula is C14H14ClFN2O2S. The fraction of sp³-hybridized carbons (Fsp3) is 0.429. The van der Waals surface area contributed by atoms with E-state index in [0.29, 0.717) is 12.8 Å². The van der Waals surface area contributed by atoms with Gasteiger partial charge in [0, 0.05) is 6.07 Å². The Morgan fingerprint density at radius 1 is 1.43 bits per heavy atom. The van der Waals surface area contributed by atoms with E-state index in [2.05, 4.69) is 4.98 Å². The van der Waals surface area contributed by atoms with Gasteiger partial charge >= 0.3 is 0 Å². The minimum atomic E-state index is -0.881. The van der Waals surface area contributed by atoms with E-state index in [-0.39, 0.29) is 28.0 Å². The van der Waals surface area contributed by atoms with Gasteiger partial charge in [-0.3, -0.25) is 9.36 Å². The molecule has 1 aliphatic rings. The number of aliphatic hydroxyl groups is 1. The van der Waals surface area contributed by atoms with Crippen molar-refractivity contribution in [3.8, 4) is 0 Å². The fourth-order valence-electron chi connectivity index (χ4n) is 2.49. The Balaban J connectivity index is 2.02. The number of fused-ring (bicyclic) bond motifs is 1. The summed E-state index contributed by atoms with van der Waals surface area (Å²) in [6, 6.07) is 2.44. The van der Waals surface area contributed by atoms with E-state index in [1.54, 1.807) is 11.8 Å². The topological polar surface area (TPSA) is 55.1 Å². The molecule has 2 heterocycles. The van der Waals surface area contributed by atoms with Gasteiger partial charge in [0.15, 0.2) is 0 Å². The molecule has 0 aliphatic carbocycles. The zero-order chi connectivity index (χ0) is 15.0. The highest BCUT2D eigenvalue weighted by Gasteiger charge is 2.30. The van der Waals surface area contributed by atoms with Crippen LogP contribution in [-0.4, -0.2) is 31.8 Å². The summed E-state index contributed by atoms with van der Waals surface area (Å²) in [7, 11) is 0. The van der Waals surface area contributed by atoms with Gasteiger partial charge in [-0.05, 0) is 30.4 Å². The number of thioether (sulfide) groups is 1. The van der Waals surface area contributed by atoms with Gasteiger partial charge in [0.2, 0.25) is 0 Å². The number of hydrogen-bond acceptors (Lipinski definition) is 4. The molecule has 3 rings (SSSR count). The highest BCUT2D eigenvalue weighted by Crippen LogP contribution is 2.28. The molecule has 0 radical (unpaired) electrons. The molecule has 0 saturated carbocycles. The van der Waals surface area contributed by atoms with Crippen molar-refractivity contribution in [1.29, 1.82) is 0 Å². The maximum Gasteiger partial charge on any atom is 0.261 e. The highest BCUT2D eigenvalue weighted by atomic mass is 35.5. The quantitative estimate of drug-likeness (QED) is 0.920. The lowest BCUT2D eigenvalue weighted by Gasteiger charge is -2.32. The Bertz CT molecular complexity index is 744. The normalized spacial score (nSPS) is 18.0. The average Bonchev–Trinajstić information content (AvgIpc) is 2.45. The molecule has 0 unspecified atom stereocenters. The lowest BCUT2D eigenvalue weighted by Crippen LogP contribution is -2.41. The second kappa shape index (κ2) is 5.59. The Kier molecular flexibility index (Phi) is 3.94. The van der Waals surface area contributed by atoms with E-state index in [9.17, 15) is 14.3 Å². The summed E-state index contributed by atoms with van der Waals surface area (Å²) in [4.78, 5) is 16.5. The summed E-state index contributed by atoms with van der Waals surface area (Å²) >= 11 is 7.52. The van der Waals surface area contributed by atoms with Crippen LogP contribution in [0.1, 0.15) is 12.8 Å². The molecule has 1 N–H and O–H groups in total. The van der Waals surface area contributed by atoms with Crippen LogP contribution < -0.4 is 5.56 Å². The van der Waals surface area contributed by atoms with Crippen molar-refractivity contribution < 1.29 is 9.50 Å². The molecule has 0 atom stereocenters. The smallest absolute Gasteiger partial charge is 0.261 e. The van der Waals surface area contributed by atoms with Crippen LogP contribution in [0.4, 0.5) is 4.39 Å². The molecule has 1 fully saturated rings. The zero-order valence-corrected chi connectivity index (χ0v) is 12.8. The molecule has 1 aromatic carbocycles. The number of hydrogen-bond donors (Lipinski definition) is 1. The SMILES string of the molecule is O=c1c2cc(Cl)c(F)cc2ncn1CC1(O)CCSCC1. The van der Waals surface area contributed by atoms with Gasteiger partial charge in [-0.2, -0.15) is 11.8 Å². The second-order valence-corrected chi connectivity index (χ2v) is 6.93. The highest BCUT2D eigenvalue weighted by molar-refractivity contribution is 7.99. The predicted octanol–water partition coefficient (Wildman–Crippen LogP) is 2.45. The third-order valence-corrected chi connectivity index (χ3v) is 5.03. The van der Waals surface area contributed by atoms with Crippen molar-refractivity contribution in [2.45, 2.75) is 25.0 Å². The molecule has 1 aromatic heterocycles. The van der Waals surface area contributed by atoms with Gasteiger partial charge in [0.05, 0.1) is 34.4 Å². The first kappa shape index (κ1) is 14.8. The van der Waals surface area contributed by atoms with Crippen molar-refractivity contribution >= 4 is 34.3 Å². The van der Waals surface area contributed by atoms with Crippen LogP contribution in [0, 0.1) is 5.82 Å². The lowest BCUT2D eigenvalue weighted by atomic mass is 9.97. The average molecular weight is 329 g/mol. The number of rotatable bonds is 2. The summed E-state index contributed by atoms with van der Waals surface area (Å²) in [6.45, 7) is 0.199. The van der Waals surface area contributed by atoms with Crippen LogP contribution >= 0.6 is 23.4 Å². The first-order valence-corrected chi connectivity index (χ1v) is 8.16. The largest absolute Gasteiger partial charge is 0.388 e. The fourth-order valence-corrected chi connectivity index (χ4v) is 3.91. The van der Waals surface area contributed by atoms with Crippen LogP contribution in [0.15, 0.2) is 23.3 Å². The number of halogens is 2. The molecule has 2 aromatic rings. The van der Waals surface area contributed by atoms with Crippen molar-refractivity contribution in [2.75, 3.05) is 11.5 Å². The van der Waals surface area contributed by atoms with E-state index in [1.165, 1.54) is 17.0 Å². The molecule has 4 nitrogen and oxygen atoms in total. The Labute approximate surface area is 129 Å². The maximum absolute atomic E-state index is 13.4. The van der Waals surface area contributed by atoms with Gasteiger partial charge in [0.1, 0.15) is 5.82 Å². The molecule has 21 heavy (non-hydrogen) atoms. The Morgan fingerprint density at radius 3 is 2.86 bits per heavy atom. The van der Waals surface area contributed by atoms with E-state index in [4.69, 9.17) is 11.6 Å². The predicted molar refractivity (Wildman–Crippen MR) is 82.5 cm³/mol. The van der Waals surface area contributed by atoms with Gasteiger partial charge in [-0.15, -0.1) is 0 Å². The van der Waals surface area contributed by atoms with Crippen molar-refractivity contribution in [1.82, 2.24) is 9.55 Å². The van der Waals surface area contributed by atoms with Gasteiger partial charge < -0.3 is 5.11 Å². The monoisotopic (exact) mass is 328 g/mol. The number of nitrogens with zero attached hydrogens (tertiary/aromatic N) is 2. The molecule has 0 amide bonds. The summed E-state index contributed by atoms with van der Waals surface area (Å²) < 4.78 is 14.8. The maximum atomic E-state index is 13.4. The summed E-state index contributed by atoms with van der Waals surface area (Å²) in [5.74, 6) is 1.16. The van der Waals surface area contributed by atoms with Crippen molar-refractivity contribution in [2.24, 2.45) is 0 Å². The first-order valence-electron chi connectivity index (χ1n) is 6.63. The van der Waals surface area contributed by atoms with Crippen molar-refractivity contribution in [3.05, 3.63) is 39.7 Å². The van der Waals surface area contributed by atoms with Gasteiger partial charge in [-0.1, -0.05) is 11.6 Å². The standard InChI is InChI=1S/C14H14ClFN2O2S/c15-10-5-9-12(6-11(10)16)17-8-18(13(9)19)7-14(20)1-3-21-4-2-14/h5-6,8,20H,1-4,7H2. The molecule has 1 saturated heterocycles. The van der Waals surface area contributed by atoms with E-state index in [1.807, 2.05) is 0 Å². The van der Waals surface area contributed by atoms with Gasteiger partial charge in [-0.25, -0.2) is 9.37 Å². The lowest BCUT2D eigenvalue weighted by molar-refractivity contribution is 0.0138. The van der Waals surface area contributed by atoms with Crippen LogP contribution in [0.3, 0.4) is 0 Å². The third-order valence-electron chi connectivity index (χ3n) is 3.75. The third kappa shape index (κ3) is 2.93. The number of aromatic nitrogens is 2. The molecular weight excluding hydrogens is 315 g/mol. The van der Waals surface area contributed by atoms with E-state index in [0.717, 1.165) is 17.6 Å². The van der Waals surface area contributed by atoms with Crippen LogP contribution in [-0.2, 0) is 6.54 Å². The Morgan fingerprint density at radius 2 is 2.14 bits per heavy atom. The van der Waals surface area contributed by atoms with Crippen molar-refractivity contribution in [3.63, 3.8) is 0 Å². The molecule has 0 bridgehead atoms. The summed E-state index contributed by atoms with van der Waals surface area (Å²) in [6.07, 6.45) is 2.65. The summed E-state index contributed by atoms with van der Waals surface area (Å²) in [5, 5.41) is 10.7. The molecule has 7 heteroatoms. The van der Waals surface area contributed by atoms with Crippen LogP contribution in [0.25, 0.3) is 10.9 Å². The minimum Gasteiger partial charge on any atom is -0.388 e. The Hall–Kier alpha value is -1.11. The zero-order valence-electron chi connectivity index (χ0n) is 11.2. The van der Waals surface area contributed by atoms with Crippen LogP contribution in [0.5, 0.6) is 0 Å². The number of benzene rings is 1.